The molecule has 2 amide bonds. The summed E-state index contributed by atoms with van der Waals surface area (Å²) in [6.07, 6.45) is 2.97. The van der Waals surface area contributed by atoms with E-state index in [1.165, 1.54) is 7.11 Å². The van der Waals surface area contributed by atoms with Gasteiger partial charge in [-0.3, -0.25) is 9.59 Å². The zero-order valence-electron chi connectivity index (χ0n) is 11.2. The molecule has 0 spiro atoms. The predicted molar refractivity (Wildman–Crippen MR) is 72.4 cm³/mol. The minimum atomic E-state index is -0.193. The molecule has 5 nitrogen and oxygen atoms in total. The number of anilines is 1. The van der Waals surface area contributed by atoms with Crippen LogP contribution in [0.1, 0.15) is 29.6 Å². The molecule has 0 saturated heterocycles. The van der Waals surface area contributed by atoms with Gasteiger partial charge in [-0.15, -0.1) is 0 Å². The van der Waals surface area contributed by atoms with Gasteiger partial charge in [0, 0.05) is 18.5 Å². The fourth-order valence-electron chi connectivity index (χ4n) is 2.00. The summed E-state index contributed by atoms with van der Waals surface area (Å²) < 4.78 is 5.20. The van der Waals surface area contributed by atoms with Crippen molar-refractivity contribution in [1.82, 2.24) is 5.32 Å². The zero-order valence-corrected chi connectivity index (χ0v) is 11.2. The number of hydrogen-bond donors (Lipinski definition) is 2. The third-order valence-corrected chi connectivity index (χ3v) is 3.42. The fraction of sp³-hybridized carbons (Fsp3) is 0.429. The number of nitrogens with one attached hydrogen (secondary N) is 2. The van der Waals surface area contributed by atoms with Crippen LogP contribution in [0, 0.1) is 5.92 Å². The molecule has 19 heavy (non-hydrogen) atoms. The standard InChI is InChI=1S/C14H18N2O3/c1-15-13(17)10-6-7-12(19-2)11(8-10)16-14(18)9-4-3-5-9/h6-9H,3-5H2,1-2H3,(H,15,17)(H,16,18). The Morgan fingerprint density at radius 3 is 2.58 bits per heavy atom. The van der Waals surface area contributed by atoms with Gasteiger partial charge in [-0.05, 0) is 31.0 Å². The summed E-state index contributed by atoms with van der Waals surface area (Å²) in [5, 5.41) is 5.39. The summed E-state index contributed by atoms with van der Waals surface area (Å²) in [5.74, 6) is 0.453. The van der Waals surface area contributed by atoms with E-state index in [1.807, 2.05) is 0 Å². The van der Waals surface area contributed by atoms with Crippen LogP contribution in [0.15, 0.2) is 18.2 Å². The van der Waals surface area contributed by atoms with Crippen molar-refractivity contribution in [3.8, 4) is 5.75 Å². The van der Waals surface area contributed by atoms with Crippen LogP contribution in [0.25, 0.3) is 0 Å². The highest BCUT2D eigenvalue weighted by Gasteiger charge is 2.26. The van der Waals surface area contributed by atoms with E-state index in [0.29, 0.717) is 17.0 Å². The second-order valence-electron chi connectivity index (χ2n) is 4.61. The molecule has 5 heteroatoms. The lowest BCUT2D eigenvalue weighted by Gasteiger charge is -2.24. The second-order valence-corrected chi connectivity index (χ2v) is 4.61. The molecule has 2 rings (SSSR count). The molecule has 1 aliphatic carbocycles. The number of carbonyl (C=O) groups excluding carboxylic acids is 2. The van der Waals surface area contributed by atoms with Gasteiger partial charge < -0.3 is 15.4 Å². The second kappa shape index (κ2) is 5.73. The van der Waals surface area contributed by atoms with Gasteiger partial charge in [0.1, 0.15) is 5.75 Å². The van der Waals surface area contributed by atoms with Gasteiger partial charge in [0.05, 0.1) is 12.8 Å². The molecule has 0 heterocycles. The van der Waals surface area contributed by atoms with Gasteiger partial charge in [-0.2, -0.15) is 0 Å². The summed E-state index contributed by atoms with van der Waals surface area (Å²) >= 11 is 0. The Hall–Kier alpha value is -2.04. The van der Waals surface area contributed by atoms with Crippen molar-refractivity contribution in [2.24, 2.45) is 5.92 Å². The van der Waals surface area contributed by atoms with E-state index in [0.717, 1.165) is 19.3 Å². The summed E-state index contributed by atoms with van der Waals surface area (Å²) in [5.41, 5.74) is 1.03. The van der Waals surface area contributed by atoms with E-state index >= 15 is 0 Å². The summed E-state index contributed by atoms with van der Waals surface area (Å²) in [6.45, 7) is 0. The maximum absolute atomic E-state index is 11.9. The SMILES string of the molecule is CNC(=O)c1ccc(OC)c(NC(=O)C2CCC2)c1. The lowest BCUT2D eigenvalue weighted by molar-refractivity contribution is -0.122. The Balaban J connectivity index is 2.20. The van der Waals surface area contributed by atoms with Gasteiger partial charge in [-0.25, -0.2) is 0 Å². The van der Waals surface area contributed by atoms with Gasteiger partial charge in [0.25, 0.3) is 5.91 Å². The number of hydrogen-bond acceptors (Lipinski definition) is 3. The first-order valence-electron chi connectivity index (χ1n) is 6.36. The van der Waals surface area contributed by atoms with Crippen LogP contribution in [0.5, 0.6) is 5.75 Å². The van der Waals surface area contributed by atoms with Crippen LogP contribution < -0.4 is 15.4 Å². The number of ether oxygens (including phenoxy) is 1. The number of amides is 2. The maximum atomic E-state index is 11.9. The summed E-state index contributed by atoms with van der Waals surface area (Å²) in [6, 6.07) is 4.98. The monoisotopic (exact) mass is 262 g/mol. The van der Waals surface area contributed by atoms with Crippen LogP contribution in [0.2, 0.25) is 0 Å². The van der Waals surface area contributed by atoms with Crippen molar-refractivity contribution in [2.75, 3.05) is 19.5 Å². The van der Waals surface area contributed by atoms with E-state index in [4.69, 9.17) is 4.74 Å². The average molecular weight is 262 g/mol. The molecule has 1 fully saturated rings. The normalized spacial score (nSPS) is 14.4. The quantitative estimate of drug-likeness (QED) is 0.869. The van der Waals surface area contributed by atoms with E-state index in [2.05, 4.69) is 10.6 Å². The third kappa shape index (κ3) is 2.86. The van der Waals surface area contributed by atoms with Crippen LogP contribution in [0.4, 0.5) is 5.69 Å². The molecule has 1 aromatic carbocycles. The number of methoxy groups -OCH3 is 1. The smallest absolute Gasteiger partial charge is 0.251 e. The molecule has 0 aromatic heterocycles. The van der Waals surface area contributed by atoms with Crippen LogP contribution in [-0.4, -0.2) is 26.0 Å². The first-order chi connectivity index (χ1) is 9.15. The minimum Gasteiger partial charge on any atom is -0.495 e. The molecule has 1 saturated carbocycles. The molecule has 1 aromatic rings. The number of carbonyl (C=O) groups is 2. The van der Waals surface area contributed by atoms with Gasteiger partial charge in [0.2, 0.25) is 5.91 Å². The minimum absolute atomic E-state index is 0.00129. The zero-order chi connectivity index (χ0) is 13.8. The molecule has 102 valence electrons. The summed E-state index contributed by atoms with van der Waals surface area (Å²) in [4.78, 5) is 23.5. The lowest BCUT2D eigenvalue weighted by atomic mass is 9.85. The molecule has 0 aliphatic heterocycles. The lowest BCUT2D eigenvalue weighted by Crippen LogP contribution is -2.28. The molecule has 0 unspecified atom stereocenters. The Morgan fingerprint density at radius 1 is 1.32 bits per heavy atom. The van der Waals surface area contributed by atoms with Crippen molar-refractivity contribution in [1.29, 1.82) is 0 Å². The van der Waals surface area contributed by atoms with Crippen molar-refractivity contribution < 1.29 is 14.3 Å². The molecule has 1 aliphatic rings. The largest absolute Gasteiger partial charge is 0.495 e. The van der Waals surface area contributed by atoms with E-state index in [9.17, 15) is 9.59 Å². The van der Waals surface area contributed by atoms with Gasteiger partial charge in [0.15, 0.2) is 0 Å². The van der Waals surface area contributed by atoms with Crippen LogP contribution in [0.3, 0.4) is 0 Å². The highest BCUT2D eigenvalue weighted by Crippen LogP contribution is 2.30. The van der Waals surface area contributed by atoms with Crippen molar-refractivity contribution in [3.63, 3.8) is 0 Å². The Bertz CT molecular complexity index is 495. The Kier molecular flexibility index (Phi) is 4.04. The predicted octanol–water partition coefficient (Wildman–Crippen LogP) is 1.79. The molecule has 2 N–H and O–H groups in total. The van der Waals surface area contributed by atoms with Crippen molar-refractivity contribution in [3.05, 3.63) is 23.8 Å². The first-order valence-corrected chi connectivity index (χ1v) is 6.36. The molecule has 0 radical (unpaired) electrons. The topological polar surface area (TPSA) is 67.4 Å². The van der Waals surface area contributed by atoms with Crippen LogP contribution >= 0.6 is 0 Å². The first kappa shape index (κ1) is 13.4. The Morgan fingerprint density at radius 2 is 2.05 bits per heavy atom. The average Bonchev–Trinajstić information content (AvgIpc) is 2.35. The maximum Gasteiger partial charge on any atom is 0.251 e. The number of benzene rings is 1. The third-order valence-electron chi connectivity index (χ3n) is 3.42. The van der Waals surface area contributed by atoms with Crippen LogP contribution in [-0.2, 0) is 4.79 Å². The molecule has 0 atom stereocenters. The highest BCUT2D eigenvalue weighted by atomic mass is 16.5. The van der Waals surface area contributed by atoms with Gasteiger partial charge >= 0.3 is 0 Å². The Labute approximate surface area is 112 Å². The fourth-order valence-corrected chi connectivity index (χ4v) is 2.00. The number of rotatable bonds is 4. The van der Waals surface area contributed by atoms with Gasteiger partial charge in [-0.1, -0.05) is 6.42 Å². The molecular formula is C14H18N2O3. The van der Waals surface area contributed by atoms with Crippen molar-refractivity contribution in [2.45, 2.75) is 19.3 Å². The van der Waals surface area contributed by atoms with E-state index < -0.39 is 0 Å². The van der Waals surface area contributed by atoms with Crippen molar-refractivity contribution >= 4 is 17.5 Å². The summed E-state index contributed by atoms with van der Waals surface area (Å²) in [7, 11) is 3.10. The highest BCUT2D eigenvalue weighted by molar-refractivity contribution is 5.99. The van der Waals surface area contributed by atoms with E-state index in [1.54, 1.807) is 25.2 Å². The molecular weight excluding hydrogens is 244 g/mol. The van der Waals surface area contributed by atoms with E-state index in [-0.39, 0.29) is 17.7 Å². The molecule has 0 bridgehead atoms.